The predicted octanol–water partition coefficient (Wildman–Crippen LogP) is 11.9. The van der Waals surface area contributed by atoms with Crippen molar-refractivity contribution >= 4 is 66.7 Å². The van der Waals surface area contributed by atoms with E-state index < -0.39 is 0 Å². The van der Waals surface area contributed by atoms with Crippen LogP contribution in [0.25, 0.3) is 66.1 Å². The lowest BCUT2D eigenvalue weighted by Gasteiger charge is -2.24. The van der Waals surface area contributed by atoms with E-state index in [2.05, 4.69) is 214 Å². The average Bonchev–Trinajstić information content (AvgIpc) is 3.71. The first-order chi connectivity index (χ1) is 27.7. The lowest BCUT2D eigenvalue weighted by molar-refractivity contribution is 1.17. The molecule has 274 valence electrons. The molecular formula is C54H45BN2. The molecule has 2 heterocycles. The van der Waals surface area contributed by atoms with Gasteiger partial charge in [0, 0.05) is 32.9 Å². The van der Waals surface area contributed by atoms with Crippen LogP contribution >= 0.6 is 0 Å². The van der Waals surface area contributed by atoms with Crippen molar-refractivity contribution in [2.45, 2.75) is 41.5 Å². The van der Waals surface area contributed by atoms with Crippen molar-refractivity contribution in [1.82, 2.24) is 9.13 Å². The van der Waals surface area contributed by atoms with Gasteiger partial charge in [-0.1, -0.05) is 165 Å². The standard InChI is InChI=1S/C54H45BN2/c1-34-27-36(3)53(37(4)28-34)55(54-38(5)29-35(2)30-39(54)6)42-25-23-40(24-26-42)41-15-14-18-44(31-41)57-50-22-13-11-20-46(50)48-32-51-47(33-52(48)57)45-19-10-12-21-49(45)56(51)43-16-8-7-9-17-43/h7-33H,1-6H3. The third-order valence-electron chi connectivity index (χ3n) is 12.2. The molecule has 0 bridgehead atoms. The van der Waals surface area contributed by atoms with Gasteiger partial charge in [0.15, 0.2) is 0 Å². The van der Waals surface area contributed by atoms with Gasteiger partial charge in [0.05, 0.1) is 22.1 Å². The Kier molecular flexibility index (Phi) is 8.30. The lowest BCUT2D eigenvalue weighted by Crippen LogP contribution is -2.55. The lowest BCUT2D eigenvalue weighted by atomic mass is 9.34. The number of nitrogens with zero attached hydrogens (tertiary/aromatic N) is 2. The number of aryl methyl sites for hydroxylation is 6. The van der Waals surface area contributed by atoms with E-state index in [4.69, 9.17) is 0 Å². The van der Waals surface area contributed by atoms with E-state index >= 15 is 0 Å². The van der Waals surface area contributed by atoms with E-state index in [0.717, 1.165) is 5.69 Å². The van der Waals surface area contributed by atoms with Crippen LogP contribution < -0.4 is 16.4 Å². The van der Waals surface area contributed by atoms with E-state index in [1.165, 1.54) is 110 Å². The number of para-hydroxylation sites is 3. The molecule has 2 nitrogen and oxygen atoms in total. The molecule has 0 spiro atoms. The number of aromatic nitrogens is 2. The molecule has 0 N–H and O–H groups in total. The molecule has 10 rings (SSSR count). The van der Waals surface area contributed by atoms with Crippen molar-refractivity contribution in [3.05, 3.63) is 197 Å². The van der Waals surface area contributed by atoms with Gasteiger partial charge in [-0.05, 0) is 101 Å². The van der Waals surface area contributed by atoms with Crippen LogP contribution in [-0.2, 0) is 0 Å². The Balaban J connectivity index is 1.12. The fourth-order valence-electron chi connectivity index (χ4n) is 10.0. The molecule has 0 unspecified atom stereocenters. The summed E-state index contributed by atoms with van der Waals surface area (Å²) < 4.78 is 4.87. The second kappa shape index (κ2) is 13.6. The zero-order chi connectivity index (χ0) is 38.9. The van der Waals surface area contributed by atoms with Crippen LogP contribution in [-0.4, -0.2) is 15.8 Å². The van der Waals surface area contributed by atoms with E-state index in [1.54, 1.807) is 0 Å². The SMILES string of the molecule is Cc1cc(C)c(B(c2ccc(-c3cccc(-n4c5ccccc5c5cc6c(cc54)c4ccccc4n6-c4ccccc4)c3)cc2)c2c(C)cc(C)cc2C)c(C)c1. The van der Waals surface area contributed by atoms with Gasteiger partial charge < -0.3 is 9.13 Å². The van der Waals surface area contributed by atoms with Crippen molar-refractivity contribution in [3.8, 4) is 22.5 Å². The summed E-state index contributed by atoms with van der Waals surface area (Å²) in [7, 11) is 0. The number of hydrogen-bond acceptors (Lipinski definition) is 0. The van der Waals surface area contributed by atoms with Gasteiger partial charge in [0.1, 0.15) is 0 Å². The molecule has 0 aliphatic carbocycles. The molecule has 57 heavy (non-hydrogen) atoms. The van der Waals surface area contributed by atoms with Crippen LogP contribution in [0, 0.1) is 41.5 Å². The summed E-state index contributed by atoms with van der Waals surface area (Å²) in [6.07, 6.45) is 0. The van der Waals surface area contributed by atoms with Gasteiger partial charge in [0.2, 0.25) is 6.71 Å². The van der Waals surface area contributed by atoms with E-state index in [0.29, 0.717) is 0 Å². The maximum absolute atomic E-state index is 2.46. The Morgan fingerprint density at radius 1 is 0.333 bits per heavy atom. The third-order valence-corrected chi connectivity index (χ3v) is 12.2. The van der Waals surface area contributed by atoms with Crippen LogP contribution in [0.3, 0.4) is 0 Å². The summed E-state index contributed by atoms with van der Waals surface area (Å²) in [5.74, 6) is 0. The minimum Gasteiger partial charge on any atom is -0.309 e. The maximum atomic E-state index is 2.46. The summed E-state index contributed by atoms with van der Waals surface area (Å²) in [4.78, 5) is 0. The summed E-state index contributed by atoms with van der Waals surface area (Å²) in [6, 6.07) is 61.0. The first-order valence-electron chi connectivity index (χ1n) is 20.1. The van der Waals surface area contributed by atoms with Gasteiger partial charge in [-0.2, -0.15) is 0 Å². The number of benzene rings is 8. The van der Waals surface area contributed by atoms with Crippen molar-refractivity contribution in [2.75, 3.05) is 0 Å². The summed E-state index contributed by atoms with van der Waals surface area (Å²) >= 11 is 0. The third kappa shape index (κ3) is 5.72. The summed E-state index contributed by atoms with van der Waals surface area (Å²) in [5.41, 5.74) is 21.8. The van der Waals surface area contributed by atoms with Crippen molar-refractivity contribution < 1.29 is 0 Å². The first kappa shape index (κ1) is 34.9. The minimum atomic E-state index is 0.147. The molecule has 3 heteroatoms. The predicted molar refractivity (Wildman–Crippen MR) is 247 cm³/mol. The van der Waals surface area contributed by atoms with Crippen LogP contribution in [0.1, 0.15) is 33.4 Å². The second-order valence-electron chi connectivity index (χ2n) is 16.2. The van der Waals surface area contributed by atoms with Gasteiger partial charge in [-0.25, -0.2) is 0 Å². The average molecular weight is 733 g/mol. The zero-order valence-electron chi connectivity index (χ0n) is 33.6. The number of hydrogen-bond donors (Lipinski definition) is 0. The fraction of sp³-hybridized carbons (Fsp3) is 0.111. The Hall–Kier alpha value is -6.58. The molecule has 0 radical (unpaired) electrons. The van der Waals surface area contributed by atoms with Crippen molar-refractivity contribution in [3.63, 3.8) is 0 Å². The molecule has 0 saturated heterocycles. The highest BCUT2D eigenvalue weighted by atomic mass is 15.0. The molecule has 0 fully saturated rings. The van der Waals surface area contributed by atoms with Gasteiger partial charge in [-0.3, -0.25) is 0 Å². The van der Waals surface area contributed by atoms with Crippen molar-refractivity contribution in [1.29, 1.82) is 0 Å². The first-order valence-corrected chi connectivity index (χ1v) is 20.1. The molecule has 2 aromatic heterocycles. The number of fused-ring (bicyclic) bond motifs is 6. The normalized spacial score (nSPS) is 11.7. The fourth-order valence-corrected chi connectivity index (χ4v) is 10.0. The molecule has 0 amide bonds. The van der Waals surface area contributed by atoms with Crippen LogP contribution in [0.2, 0.25) is 0 Å². The Labute approximate surface area is 335 Å². The number of rotatable bonds is 6. The maximum Gasteiger partial charge on any atom is 0.242 e. The molecule has 0 saturated carbocycles. The zero-order valence-corrected chi connectivity index (χ0v) is 33.6. The summed E-state index contributed by atoms with van der Waals surface area (Å²) in [6.45, 7) is 13.7. The molecule has 10 aromatic rings. The van der Waals surface area contributed by atoms with E-state index in [1.807, 2.05) is 0 Å². The highest BCUT2D eigenvalue weighted by Crippen LogP contribution is 2.40. The van der Waals surface area contributed by atoms with E-state index in [9.17, 15) is 0 Å². The van der Waals surface area contributed by atoms with Crippen LogP contribution in [0.4, 0.5) is 0 Å². The molecule has 8 aromatic carbocycles. The van der Waals surface area contributed by atoms with Crippen LogP contribution in [0.5, 0.6) is 0 Å². The Bertz CT molecular complexity index is 3080. The highest BCUT2D eigenvalue weighted by Gasteiger charge is 2.28. The van der Waals surface area contributed by atoms with Gasteiger partial charge in [-0.15, -0.1) is 0 Å². The Morgan fingerprint density at radius 3 is 1.32 bits per heavy atom. The molecular weight excluding hydrogens is 687 g/mol. The molecule has 0 aliphatic heterocycles. The second-order valence-corrected chi connectivity index (χ2v) is 16.2. The van der Waals surface area contributed by atoms with Gasteiger partial charge >= 0.3 is 0 Å². The minimum absolute atomic E-state index is 0.147. The smallest absolute Gasteiger partial charge is 0.242 e. The summed E-state index contributed by atoms with van der Waals surface area (Å²) in [5, 5.41) is 5.02. The van der Waals surface area contributed by atoms with E-state index in [-0.39, 0.29) is 6.71 Å². The van der Waals surface area contributed by atoms with Crippen molar-refractivity contribution in [2.24, 2.45) is 0 Å². The Morgan fingerprint density at radius 2 is 0.789 bits per heavy atom. The molecule has 0 aliphatic rings. The van der Waals surface area contributed by atoms with Crippen LogP contribution in [0.15, 0.2) is 164 Å². The quantitative estimate of drug-likeness (QED) is 0.151. The largest absolute Gasteiger partial charge is 0.309 e. The highest BCUT2D eigenvalue weighted by molar-refractivity contribution is 6.96. The molecule has 0 atom stereocenters. The monoisotopic (exact) mass is 732 g/mol. The van der Waals surface area contributed by atoms with Gasteiger partial charge in [0.25, 0.3) is 0 Å². The topological polar surface area (TPSA) is 9.86 Å².